The molecule has 3 rings (SSSR count). The van der Waals surface area contributed by atoms with Crippen LogP contribution in [0.15, 0.2) is 54.6 Å². The number of benzene rings is 2. The third kappa shape index (κ3) is 2.52. The zero-order valence-electron chi connectivity index (χ0n) is 12.4. The van der Waals surface area contributed by atoms with Gasteiger partial charge in [0.05, 0.1) is 0 Å². The van der Waals surface area contributed by atoms with Crippen LogP contribution in [0.1, 0.15) is 49.3 Å². The maximum atomic E-state index is 2.34. The molecule has 1 aliphatic rings. The molecule has 2 aromatic carbocycles. The van der Waals surface area contributed by atoms with Crippen molar-refractivity contribution in [2.75, 3.05) is 0 Å². The van der Waals surface area contributed by atoms with Crippen molar-refractivity contribution in [1.82, 2.24) is 0 Å². The van der Waals surface area contributed by atoms with E-state index in [2.05, 4.69) is 61.5 Å². The smallest absolute Gasteiger partial charge is 0.000654 e. The Morgan fingerprint density at radius 1 is 0.850 bits per heavy atom. The molecule has 0 nitrogen and oxygen atoms in total. The van der Waals surface area contributed by atoms with Crippen LogP contribution in [0.4, 0.5) is 0 Å². The highest BCUT2D eigenvalue weighted by atomic mass is 14.4. The van der Waals surface area contributed by atoms with E-state index in [1.807, 2.05) is 0 Å². The molecule has 1 saturated carbocycles. The molecule has 1 aliphatic carbocycles. The van der Waals surface area contributed by atoms with Gasteiger partial charge in [-0.15, -0.1) is 0 Å². The second kappa shape index (κ2) is 5.83. The van der Waals surface area contributed by atoms with Gasteiger partial charge in [0.2, 0.25) is 0 Å². The lowest BCUT2D eigenvalue weighted by molar-refractivity contribution is 0.241. The van der Waals surface area contributed by atoms with Gasteiger partial charge < -0.3 is 0 Å². The predicted octanol–water partition coefficient (Wildman–Crippen LogP) is 5.30. The SMILES string of the molecule is CCCc1ccccc1CC1(c2ccccc2)CCC1. The first kappa shape index (κ1) is 13.4. The standard InChI is InChI=1S/C20H24/c1-2-9-17-10-6-7-11-18(17)16-20(14-8-15-20)19-12-4-3-5-13-19/h3-7,10-13H,2,8-9,14-16H2,1H3. The normalized spacial score (nSPS) is 16.6. The molecule has 0 unspecified atom stereocenters. The summed E-state index contributed by atoms with van der Waals surface area (Å²) in [6, 6.07) is 20.2. The van der Waals surface area contributed by atoms with Crippen molar-refractivity contribution in [2.45, 2.75) is 50.9 Å². The van der Waals surface area contributed by atoms with Crippen LogP contribution < -0.4 is 0 Å². The Morgan fingerprint density at radius 3 is 2.10 bits per heavy atom. The second-order valence-electron chi connectivity index (χ2n) is 6.20. The lowest BCUT2D eigenvalue weighted by atomic mass is 9.61. The van der Waals surface area contributed by atoms with Gasteiger partial charge in [0.25, 0.3) is 0 Å². The Balaban J connectivity index is 1.89. The zero-order valence-corrected chi connectivity index (χ0v) is 12.4. The van der Waals surface area contributed by atoms with E-state index in [1.165, 1.54) is 44.1 Å². The fraction of sp³-hybridized carbons (Fsp3) is 0.400. The zero-order chi connectivity index (χ0) is 13.8. The third-order valence-corrected chi connectivity index (χ3v) is 4.86. The van der Waals surface area contributed by atoms with E-state index in [0.29, 0.717) is 5.41 Å². The summed E-state index contributed by atoms with van der Waals surface area (Å²) in [4.78, 5) is 0. The molecule has 0 N–H and O–H groups in total. The maximum absolute atomic E-state index is 2.34. The van der Waals surface area contributed by atoms with Crippen LogP contribution in [0.5, 0.6) is 0 Å². The summed E-state index contributed by atoms with van der Waals surface area (Å²) < 4.78 is 0. The van der Waals surface area contributed by atoms with Crippen molar-refractivity contribution < 1.29 is 0 Å². The molecule has 20 heavy (non-hydrogen) atoms. The number of hydrogen-bond donors (Lipinski definition) is 0. The predicted molar refractivity (Wildman–Crippen MR) is 86.1 cm³/mol. The van der Waals surface area contributed by atoms with Gasteiger partial charge in [-0.3, -0.25) is 0 Å². The minimum Gasteiger partial charge on any atom is -0.0651 e. The molecule has 104 valence electrons. The molecule has 0 aromatic heterocycles. The van der Waals surface area contributed by atoms with Crippen LogP contribution in [-0.2, 0) is 18.3 Å². The molecule has 2 aromatic rings. The lowest BCUT2D eigenvalue weighted by Crippen LogP contribution is -2.36. The molecule has 0 saturated heterocycles. The van der Waals surface area contributed by atoms with Crippen molar-refractivity contribution in [2.24, 2.45) is 0 Å². The largest absolute Gasteiger partial charge is 0.0651 e. The molecular formula is C20H24. The first-order chi connectivity index (χ1) is 9.84. The van der Waals surface area contributed by atoms with Crippen molar-refractivity contribution in [3.63, 3.8) is 0 Å². The molecule has 0 bridgehead atoms. The minimum atomic E-state index is 0.408. The highest BCUT2D eigenvalue weighted by Gasteiger charge is 2.38. The average Bonchev–Trinajstić information content (AvgIpc) is 2.46. The van der Waals surface area contributed by atoms with E-state index in [4.69, 9.17) is 0 Å². The highest BCUT2D eigenvalue weighted by Crippen LogP contribution is 2.46. The first-order valence-electron chi connectivity index (χ1n) is 7.96. The average molecular weight is 264 g/mol. The van der Waals surface area contributed by atoms with E-state index < -0.39 is 0 Å². The van der Waals surface area contributed by atoms with E-state index in [1.54, 1.807) is 11.1 Å². The van der Waals surface area contributed by atoms with Crippen LogP contribution >= 0.6 is 0 Å². The van der Waals surface area contributed by atoms with Crippen LogP contribution in [0, 0.1) is 0 Å². The van der Waals surface area contributed by atoms with Gasteiger partial charge in [0.1, 0.15) is 0 Å². The molecule has 0 aliphatic heterocycles. The first-order valence-corrected chi connectivity index (χ1v) is 7.96. The summed E-state index contributed by atoms with van der Waals surface area (Å²) in [5.74, 6) is 0. The van der Waals surface area contributed by atoms with Gasteiger partial charge in [-0.1, -0.05) is 74.4 Å². The quantitative estimate of drug-likeness (QED) is 0.687. The fourth-order valence-corrected chi connectivity index (χ4v) is 3.57. The van der Waals surface area contributed by atoms with Crippen LogP contribution in [-0.4, -0.2) is 0 Å². The lowest BCUT2D eigenvalue weighted by Gasteiger charge is -2.43. The minimum absolute atomic E-state index is 0.408. The van der Waals surface area contributed by atoms with Crippen molar-refractivity contribution in [3.05, 3.63) is 71.3 Å². The number of aryl methyl sites for hydroxylation is 1. The fourth-order valence-electron chi connectivity index (χ4n) is 3.57. The molecule has 0 heteroatoms. The molecular weight excluding hydrogens is 240 g/mol. The van der Waals surface area contributed by atoms with E-state index in [0.717, 1.165) is 0 Å². The summed E-state index contributed by atoms with van der Waals surface area (Å²) in [5.41, 5.74) is 5.07. The molecule has 0 spiro atoms. The van der Waals surface area contributed by atoms with E-state index >= 15 is 0 Å². The summed E-state index contributed by atoms with van der Waals surface area (Å²) in [6.07, 6.45) is 7.73. The van der Waals surface area contributed by atoms with Crippen molar-refractivity contribution in [3.8, 4) is 0 Å². The van der Waals surface area contributed by atoms with Gasteiger partial charge in [-0.25, -0.2) is 0 Å². The Morgan fingerprint density at radius 2 is 1.50 bits per heavy atom. The summed E-state index contributed by atoms with van der Waals surface area (Å²) in [7, 11) is 0. The summed E-state index contributed by atoms with van der Waals surface area (Å²) in [6.45, 7) is 2.27. The Hall–Kier alpha value is -1.56. The molecule has 1 fully saturated rings. The van der Waals surface area contributed by atoms with Gasteiger partial charge >= 0.3 is 0 Å². The van der Waals surface area contributed by atoms with Crippen LogP contribution in [0.2, 0.25) is 0 Å². The Bertz CT molecular complexity index is 549. The molecule has 0 atom stereocenters. The monoisotopic (exact) mass is 264 g/mol. The molecule has 0 heterocycles. The molecule has 0 radical (unpaired) electrons. The van der Waals surface area contributed by atoms with Crippen LogP contribution in [0.3, 0.4) is 0 Å². The maximum Gasteiger partial charge on any atom is -0.000654 e. The van der Waals surface area contributed by atoms with E-state index in [9.17, 15) is 0 Å². The summed E-state index contributed by atoms with van der Waals surface area (Å²) in [5, 5.41) is 0. The summed E-state index contributed by atoms with van der Waals surface area (Å²) >= 11 is 0. The van der Waals surface area contributed by atoms with Gasteiger partial charge in [0, 0.05) is 0 Å². The molecule has 0 amide bonds. The third-order valence-electron chi connectivity index (χ3n) is 4.86. The number of hydrogen-bond acceptors (Lipinski definition) is 0. The van der Waals surface area contributed by atoms with E-state index in [-0.39, 0.29) is 0 Å². The van der Waals surface area contributed by atoms with Crippen molar-refractivity contribution >= 4 is 0 Å². The van der Waals surface area contributed by atoms with Gasteiger partial charge in [-0.05, 0) is 47.8 Å². The Labute approximate surface area is 122 Å². The highest BCUT2D eigenvalue weighted by molar-refractivity contribution is 5.35. The Kier molecular flexibility index (Phi) is 3.91. The number of rotatable bonds is 5. The van der Waals surface area contributed by atoms with Gasteiger partial charge in [0.15, 0.2) is 0 Å². The topological polar surface area (TPSA) is 0 Å². The second-order valence-corrected chi connectivity index (χ2v) is 6.20. The van der Waals surface area contributed by atoms with Crippen molar-refractivity contribution in [1.29, 1.82) is 0 Å². The van der Waals surface area contributed by atoms with Gasteiger partial charge in [-0.2, -0.15) is 0 Å². The van der Waals surface area contributed by atoms with Crippen LogP contribution in [0.25, 0.3) is 0 Å².